The third-order valence-electron chi connectivity index (χ3n) is 6.56. The van der Waals surface area contributed by atoms with Gasteiger partial charge in [-0.2, -0.15) is 0 Å². The number of rotatable bonds is 4. The number of piperazine rings is 1. The number of urea groups is 1. The first-order chi connectivity index (χ1) is 15.4. The van der Waals surface area contributed by atoms with Gasteiger partial charge in [-0.25, -0.2) is 4.79 Å². The lowest BCUT2D eigenvalue weighted by Gasteiger charge is -2.37. The van der Waals surface area contributed by atoms with Crippen LogP contribution in [0, 0.1) is 5.92 Å². The summed E-state index contributed by atoms with van der Waals surface area (Å²) in [5.41, 5.74) is 2.05. The molecule has 3 heterocycles. The van der Waals surface area contributed by atoms with Crippen LogP contribution in [0.5, 0.6) is 0 Å². The molecule has 2 N–H and O–H groups in total. The molecule has 32 heavy (non-hydrogen) atoms. The van der Waals surface area contributed by atoms with Gasteiger partial charge in [-0.1, -0.05) is 32.0 Å². The Morgan fingerprint density at radius 3 is 2.31 bits per heavy atom. The zero-order valence-corrected chi connectivity index (χ0v) is 19.0. The first-order valence-corrected chi connectivity index (χ1v) is 11.6. The van der Waals surface area contributed by atoms with E-state index in [-0.39, 0.29) is 29.8 Å². The molecular weight excluding hydrogens is 406 g/mol. The van der Waals surface area contributed by atoms with Gasteiger partial charge in [0.25, 0.3) is 0 Å². The average molecular weight is 440 g/mol. The van der Waals surface area contributed by atoms with E-state index < -0.39 is 0 Å². The van der Waals surface area contributed by atoms with Gasteiger partial charge in [-0.15, -0.1) is 0 Å². The number of piperidine rings is 1. The zero-order chi connectivity index (χ0) is 22.7. The number of likely N-dealkylation sites (tertiary alicyclic amines) is 1. The van der Waals surface area contributed by atoms with E-state index in [1.54, 1.807) is 4.90 Å². The SMILES string of the molecule is CC(C)C(=O)N1CCC(NC(=O)N2CCN(C(=O)Cc3c[nH]c4ccccc34)CC2)CC1. The number of carbonyl (C=O) groups is 3. The minimum atomic E-state index is -0.0673. The molecule has 0 aliphatic carbocycles. The quantitative estimate of drug-likeness (QED) is 0.766. The first-order valence-electron chi connectivity index (χ1n) is 11.6. The smallest absolute Gasteiger partial charge is 0.317 e. The van der Waals surface area contributed by atoms with Crippen molar-refractivity contribution in [1.82, 2.24) is 25.0 Å². The molecule has 2 aliphatic rings. The Labute approximate surface area is 188 Å². The van der Waals surface area contributed by atoms with Gasteiger partial charge in [0.2, 0.25) is 11.8 Å². The van der Waals surface area contributed by atoms with Crippen molar-refractivity contribution in [3.8, 4) is 0 Å². The summed E-state index contributed by atoms with van der Waals surface area (Å²) in [4.78, 5) is 46.4. The molecule has 2 aliphatic heterocycles. The van der Waals surface area contributed by atoms with Crippen molar-refractivity contribution in [2.24, 2.45) is 5.92 Å². The summed E-state index contributed by atoms with van der Waals surface area (Å²) in [6.07, 6.45) is 3.84. The van der Waals surface area contributed by atoms with Crippen molar-refractivity contribution in [3.63, 3.8) is 0 Å². The third-order valence-corrected chi connectivity index (χ3v) is 6.56. The lowest BCUT2D eigenvalue weighted by molar-refractivity contribution is -0.135. The van der Waals surface area contributed by atoms with Gasteiger partial charge in [0, 0.05) is 68.3 Å². The molecule has 0 saturated carbocycles. The van der Waals surface area contributed by atoms with E-state index in [4.69, 9.17) is 0 Å². The second-order valence-corrected chi connectivity index (χ2v) is 9.11. The van der Waals surface area contributed by atoms with Crippen molar-refractivity contribution < 1.29 is 14.4 Å². The van der Waals surface area contributed by atoms with Gasteiger partial charge < -0.3 is 25.0 Å². The number of H-pyrrole nitrogens is 1. The maximum Gasteiger partial charge on any atom is 0.317 e. The van der Waals surface area contributed by atoms with Crippen LogP contribution in [0.25, 0.3) is 10.9 Å². The summed E-state index contributed by atoms with van der Waals surface area (Å²) < 4.78 is 0. The van der Waals surface area contributed by atoms with E-state index in [2.05, 4.69) is 10.3 Å². The minimum absolute atomic E-state index is 0.0103. The summed E-state index contributed by atoms with van der Waals surface area (Å²) in [6.45, 7) is 7.40. The number of nitrogens with zero attached hydrogens (tertiary/aromatic N) is 3. The molecule has 2 aromatic rings. The monoisotopic (exact) mass is 439 g/mol. The molecule has 0 unspecified atom stereocenters. The second kappa shape index (κ2) is 9.63. The predicted molar refractivity (Wildman–Crippen MR) is 123 cm³/mol. The summed E-state index contributed by atoms with van der Waals surface area (Å²) in [7, 11) is 0. The third kappa shape index (κ3) is 4.89. The zero-order valence-electron chi connectivity index (χ0n) is 19.0. The summed E-state index contributed by atoms with van der Waals surface area (Å²) in [5.74, 6) is 0.288. The maximum absolute atomic E-state index is 12.8. The molecule has 2 saturated heterocycles. The highest BCUT2D eigenvalue weighted by Crippen LogP contribution is 2.19. The molecule has 4 amide bonds. The summed E-state index contributed by atoms with van der Waals surface area (Å²) in [5, 5.41) is 4.20. The number of benzene rings is 1. The Morgan fingerprint density at radius 1 is 0.969 bits per heavy atom. The van der Waals surface area contributed by atoms with Crippen LogP contribution in [0.4, 0.5) is 4.79 Å². The van der Waals surface area contributed by atoms with Crippen molar-refractivity contribution in [1.29, 1.82) is 0 Å². The molecule has 1 aromatic carbocycles. The number of fused-ring (bicyclic) bond motifs is 1. The largest absolute Gasteiger partial charge is 0.361 e. The highest BCUT2D eigenvalue weighted by Gasteiger charge is 2.28. The molecule has 172 valence electrons. The van der Waals surface area contributed by atoms with Crippen LogP contribution in [0.1, 0.15) is 32.3 Å². The fourth-order valence-electron chi connectivity index (χ4n) is 4.59. The molecule has 8 heteroatoms. The average Bonchev–Trinajstić information content (AvgIpc) is 3.22. The van der Waals surface area contributed by atoms with E-state index in [1.807, 2.05) is 54.1 Å². The Kier molecular flexibility index (Phi) is 6.67. The number of hydrogen-bond acceptors (Lipinski definition) is 3. The molecule has 4 rings (SSSR count). The molecule has 0 bridgehead atoms. The van der Waals surface area contributed by atoms with Crippen molar-refractivity contribution >= 4 is 28.7 Å². The Bertz CT molecular complexity index is 969. The highest BCUT2D eigenvalue weighted by molar-refractivity contribution is 5.89. The van der Waals surface area contributed by atoms with Crippen molar-refractivity contribution in [2.45, 2.75) is 39.2 Å². The van der Waals surface area contributed by atoms with Gasteiger partial charge in [0.05, 0.1) is 6.42 Å². The number of hydrogen-bond donors (Lipinski definition) is 2. The fourth-order valence-corrected chi connectivity index (χ4v) is 4.59. The first kappa shape index (κ1) is 22.2. The standard InChI is InChI=1S/C24H33N5O3/c1-17(2)23(31)28-9-7-19(8-10-28)26-24(32)29-13-11-27(12-14-29)22(30)15-18-16-25-21-6-4-3-5-20(18)21/h3-6,16-17,19,25H,7-15H2,1-2H3,(H,26,32). The lowest BCUT2D eigenvalue weighted by atomic mass is 10.0. The number of aromatic nitrogens is 1. The topological polar surface area (TPSA) is 88.8 Å². The summed E-state index contributed by atoms with van der Waals surface area (Å²) >= 11 is 0. The van der Waals surface area contributed by atoms with E-state index in [1.165, 1.54) is 0 Å². The van der Waals surface area contributed by atoms with E-state index in [9.17, 15) is 14.4 Å². The normalized spacial score (nSPS) is 17.8. The predicted octanol–water partition coefficient (Wildman–Crippen LogP) is 2.21. The Morgan fingerprint density at radius 2 is 1.62 bits per heavy atom. The Balaban J connectivity index is 1.22. The van der Waals surface area contributed by atoms with Crippen LogP contribution in [-0.2, 0) is 16.0 Å². The number of amides is 4. The highest BCUT2D eigenvalue weighted by atomic mass is 16.2. The number of para-hydroxylation sites is 1. The van der Waals surface area contributed by atoms with E-state index in [0.29, 0.717) is 45.7 Å². The number of nitrogens with one attached hydrogen (secondary N) is 2. The van der Waals surface area contributed by atoms with Crippen molar-refractivity contribution in [2.75, 3.05) is 39.3 Å². The molecule has 0 spiro atoms. The van der Waals surface area contributed by atoms with Crippen molar-refractivity contribution in [3.05, 3.63) is 36.0 Å². The molecule has 8 nitrogen and oxygen atoms in total. The van der Waals surface area contributed by atoms with Crippen LogP contribution in [-0.4, -0.2) is 82.8 Å². The van der Waals surface area contributed by atoms with Gasteiger partial charge in [0.1, 0.15) is 0 Å². The van der Waals surface area contributed by atoms with E-state index in [0.717, 1.165) is 29.3 Å². The molecule has 2 fully saturated rings. The van der Waals surface area contributed by atoms with E-state index >= 15 is 0 Å². The van der Waals surface area contributed by atoms with Crippen LogP contribution in [0.15, 0.2) is 30.5 Å². The van der Waals surface area contributed by atoms with Crippen LogP contribution < -0.4 is 5.32 Å². The maximum atomic E-state index is 12.8. The Hall–Kier alpha value is -3.03. The lowest BCUT2D eigenvalue weighted by Crippen LogP contribution is -2.56. The molecule has 1 aromatic heterocycles. The number of aromatic amines is 1. The van der Waals surface area contributed by atoms with Crippen LogP contribution in [0.2, 0.25) is 0 Å². The molecule has 0 atom stereocenters. The summed E-state index contributed by atoms with van der Waals surface area (Å²) in [6, 6.07) is 8.02. The second-order valence-electron chi connectivity index (χ2n) is 9.11. The molecular formula is C24H33N5O3. The number of carbonyl (C=O) groups excluding carboxylic acids is 3. The van der Waals surface area contributed by atoms with Gasteiger partial charge in [-0.05, 0) is 24.5 Å². The minimum Gasteiger partial charge on any atom is -0.361 e. The molecule has 0 radical (unpaired) electrons. The van der Waals surface area contributed by atoms with Gasteiger partial charge in [-0.3, -0.25) is 9.59 Å². The van der Waals surface area contributed by atoms with Crippen LogP contribution >= 0.6 is 0 Å². The van der Waals surface area contributed by atoms with Gasteiger partial charge >= 0.3 is 6.03 Å². The van der Waals surface area contributed by atoms with Crippen LogP contribution in [0.3, 0.4) is 0 Å². The van der Waals surface area contributed by atoms with Gasteiger partial charge in [0.15, 0.2) is 0 Å². The fraction of sp³-hybridized carbons (Fsp3) is 0.542.